The molecule has 1 aromatic rings. The van der Waals surface area contributed by atoms with E-state index < -0.39 is 0 Å². The quantitative estimate of drug-likeness (QED) is 0.897. The number of carbonyl (C=O) groups is 1. The van der Waals surface area contributed by atoms with Gasteiger partial charge in [-0.25, -0.2) is 0 Å². The van der Waals surface area contributed by atoms with Crippen molar-refractivity contribution >= 4 is 5.91 Å². The highest BCUT2D eigenvalue weighted by molar-refractivity contribution is 5.76. The zero-order chi connectivity index (χ0) is 14.4. The standard InChI is InChI=1S/C17H25NO2/c1-14(19)7-8-17(20)18-11-9-16(10-12-18)13-15-5-3-2-4-6-15/h2-6,14,16,19H,7-13H2,1H3. The van der Waals surface area contributed by atoms with Crippen molar-refractivity contribution in [3.8, 4) is 0 Å². The van der Waals surface area contributed by atoms with E-state index in [-0.39, 0.29) is 12.0 Å². The minimum atomic E-state index is -0.380. The van der Waals surface area contributed by atoms with Gasteiger partial charge < -0.3 is 10.0 Å². The first-order chi connectivity index (χ1) is 9.65. The van der Waals surface area contributed by atoms with Crippen LogP contribution in [-0.2, 0) is 11.2 Å². The molecule has 2 rings (SSSR count). The number of nitrogens with zero attached hydrogens (tertiary/aromatic N) is 1. The van der Waals surface area contributed by atoms with E-state index in [4.69, 9.17) is 0 Å². The monoisotopic (exact) mass is 275 g/mol. The third-order valence-electron chi connectivity index (χ3n) is 4.11. The summed E-state index contributed by atoms with van der Waals surface area (Å²) in [7, 11) is 0. The number of rotatable bonds is 5. The molecule has 110 valence electrons. The molecule has 0 aliphatic carbocycles. The summed E-state index contributed by atoms with van der Waals surface area (Å²) >= 11 is 0. The van der Waals surface area contributed by atoms with Crippen LogP contribution in [0.4, 0.5) is 0 Å². The minimum Gasteiger partial charge on any atom is -0.393 e. The van der Waals surface area contributed by atoms with Crippen molar-refractivity contribution in [1.82, 2.24) is 4.90 Å². The van der Waals surface area contributed by atoms with E-state index in [2.05, 4.69) is 24.3 Å². The second kappa shape index (κ2) is 7.44. The summed E-state index contributed by atoms with van der Waals surface area (Å²) in [5.74, 6) is 0.891. The van der Waals surface area contributed by atoms with Crippen LogP contribution in [0.25, 0.3) is 0 Å². The van der Waals surface area contributed by atoms with Gasteiger partial charge in [-0.1, -0.05) is 30.3 Å². The van der Waals surface area contributed by atoms with Crippen molar-refractivity contribution in [1.29, 1.82) is 0 Å². The Balaban J connectivity index is 1.73. The number of piperidine rings is 1. The van der Waals surface area contributed by atoms with Crippen LogP contribution in [-0.4, -0.2) is 35.1 Å². The van der Waals surface area contributed by atoms with E-state index >= 15 is 0 Å². The molecular weight excluding hydrogens is 250 g/mol. The number of benzene rings is 1. The Morgan fingerprint density at radius 1 is 1.30 bits per heavy atom. The van der Waals surface area contributed by atoms with Gasteiger partial charge in [0.1, 0.15) is 0 Å². The molecule has 0 saturated carbocycles. The third-order valence-corrected chi connectivity index (χ3v) is 4.11. The van der Waals surface area contributed by atoms with Gasteiger partial charge in [0.2, 0.25) is 5.91 Å². The summed E-state index contributed by atoms with van der Waals surface area (Å²) in [5.41, 5.74) is 1.39. The largest absolute Gasteiger partial charge is 0.393 e. The maximum Gasteiger partial charge on any atom is 0.222 e. The highest BCUT2D eigenvalue weighted by Gasteiger charge is 2.22. The lowest BCUT2D eigenvalue weighted by atomic mass is 9.90. The number of hydrogen-bond donors (Lipinski definition) is 1. The van der Waals surface area contributed by atoms with Crippen LogP contribution in [0.15, 0.2) is 30.3 Å². The Hall–Kier alpha value is -1.35. The first-order valence-electron chi connectivity index (χ1n) is 7.65. The van der Waals surface area contributed by atoms with Crippen LogP contribution in [0.5, 0.6) is 0 Å². The molecule has 1 amide bonds. The Morgan fingerprint density at radius 3 is 2.55 bits per heavy atom. The summed E-state index contributed by atoms with van der Waals surface area (Å²) in [5, 5.41) is 9.24. The second-order valence-electron chi connectivity index (χ2n) is 5.90. The first kappa shape index (κ1) is 15.0. The van der Waals surface area contributed by atoms with Gasteiger partial charge >= 0.3 is 0 Å². The molecule has 1 atom stereocenters. The Morgan fingerprint density at radius 2 is 1.95 bits per heavy atom. The van der Waals surface area contributed by atoms with Gasteiger partial charge in [-0.05, 0) is 44.1 Å². The summed E-state index contributed by atoms with van der Waals surface area (Å²) in [6, 6.07) is 10.6. The van der Waals surface area contributed by atoms with Gasteiger partial charge in [-0.3, -0.25) is 4.79 Å². The van der Waals surface area contributed by atoms with Gasteiger partial charge in [0, 0.05) is 19.5 Å². The highest BCUT2D eigenvalue weighted by Crippen LogP contribution is 2.22. The molecule has 0 spiro atoms. The topological polar surface area (TPSA) is 40.5 Å². The fourth-order valence-electron chi connectivity index (χ4n) is 2.82. The van der Waals surface area contributed by atoms with E-state index in [0.717, 1.165) is 32.4 Å². The molecule has 1 N–H and O–H groups in total. The number of amides is 1. The Kier molecular flexibility index (Phi) is 5.60. The number of carbonyl (C=O) groups excluding carboxylic acids is 1. The molecule has 20 heavy (non-hydrogen) atoms. The Bertz CT molecular complexity index is 408. The van der Waals surface area contributed by atoms with E-state index in [1.807, 2.05) is 11.0 Å². The zero-order valence-corrected chi connectivity index (χ0v) is 12.3. The van der Waals surface area contributed by atoms with Crippen LogP contribution in [0.2, 0.25) is 0 Å². The summed E-state index contributed by atoms with van der Waals surface area (Å²) in [6.45, 7) is 3.48. The number of aliphatic hydroxyl groups is 1. The van der Waals surface area contributed by atoms with Crippen molar-refractivity contribution < 1.29 is 9.90 Å². The van der Waals surface area contributed by atoms with Crippen molar-refractivity contribution in [3.63, 3.8) is 0 Å². The lowest BCUT2D eigenvalue weighted by Crippen LogP contribution is -2.39. The molecule has 1 fully saturated rings. The normalized spacial score (nSPS) is 18.0. The lowest BCUT2D eigenvalue weighted by molar-refractivity contribution is -0.133. The lowest BCUT2D eigenvalue weighted by Gasteiger charge is -2.32. The minimum absolute atomic E-state index is 0.198. The maximum atomic E-state index is 12.0. The van der Waals surface area contributed by atoms with E-state index in [0.29, 0.717) is 18.8 Å². The van der Waals surface area contributed by atoms with Crippen molar-refractivity contribution in [2.24, 2.45) is 5.92 Å². The molecule has 0 bridgehead atoms. The van der Waals surface area contributed by atoms with Crippen LogP contribution >= 0.6 is 0 Å². The molecule has 1 unspecified atom stereocenters. The average Bonchev–Trinajstić information content (AvgIpc) is 2.46. The van der Waals surface area contributed by atoms with Crippen LogP contribution in [0.3, 0.4) is 0 Å². The predicted octanol–water partition coefficient (Wildman–Crippen LogP) is 2.63. The molecule has 1 aromatic carbocycles. The van der Waals surface area contributed by atoms with Crippen LogP contribution in [0, 0.1) is 5.92 Å². The molecule has 1 aliphatic heterocycles. The van der Waals surface area contributed by atoms with Gasteiger partial charge in [0.25, 0.3) is 0 Å². The van der Waals surface area contributed by atoms with Crippen molar-refractivity contribution in [3.05, 3.63) is 35.9 Å². The predicted molar refractivity (Wildman–Crippen MR) is 80.4 cm³/mol. The second-order valence-corrected chi connectivity index (χ2v) is 5.90. The van der Waals surface area contributed by atoms with Crippen LogP contribution < -0.4 is 0 Å². The van der Waals surface area contributed by atoms with Gasteiger partial charge in [0.05, 0.1) is 6.10 Å². The molecule has 0 aromatic heterocycles. The summed E-state index contributed by atoms with van der Waals surface area (Å²) in [4.78, 5) is 13.9. The number of likely N-dealkylation sites (tertiary alicyclic amines) is 1. The number of hydrogen-bond acceptors (Lipinski definition) is 2. The van der Waals surface area contributed by atoms with Gasteiger partial charge in [-0.15, -0.1) is 0 Å². The van der Waals surface area contributed by atoms with E-state index in [1.165, 1.54) is 5.56 Å². The molecule has 1 saturated heterocycles. The zero-order valence-electron chi connectivity index (χ0n) is 12.3. The van der Waals surface area contributed by atoms with E-state index in [1.54, 1.807) is 6.92 Å². The number of aliphatic hydroxyl groups excluding tert-OH is 1. The summed E-state index contributed by atoms with van der Waals surface area (Å²) < 4.78 is 0. The third kappa shape index (κ3) is 4.64. The fraction of sp³-hybridized carbons (Fsp3) is 0.588. The Labute approximate surface area is 121 Å². The first-order valence-corrected chi connectivity index (χ1v) is 7.65. The SMILES string of the molecule is CC(O)CCC(=O)N1CCC(Cc2ccccc2)CC1. The molecular formula is C17H25NO2. The smallest absolute Gasteiger partial charge is 0.222 e. The highest BCUT2D eigenvalue weighted by atomic mass is 16.3. The van der Waals surface area contributed by atoms with E-state index in [9.17, 15) is 9.90 Å². The molecule has 1 heterocycles. The van der Waals surface area contributed by atoms with Gasteiger partial charge in [-0.2, -0.15) is 0 Å². The fourth-order valence-corrected chi connectivity index (χ4v) is 2.82. The maximum absolute atomic E-state index is 12.0. The molecule has 1 aliphatic rings. The van der Waals surface area contributed by atoms with Crippen LogP contribution in [0.1, 0.15) is 38.2 Å². The van der Waals surface area contributed by atoms with Crippen molar-refractivity contribution in [2.45, 2.75) is 45.1 Å². The average molecular weight is 275 g/mol. The molecule has 3 heteroatoms. The van der Waals surface area contributed by atoms with Crippen molar-refractivity contribution in [2.75, 3.05) is 13.1 Å². The van der Waals surface area contributed by atoms with Gasteiger partial charge in [0.15, 0.2) is 0 Å². The molecule has 3 nitrogen and oxygen atoms in total. The summed E-state index contributed by atoms with van der Waals surface area (Å²) in [6.07, 6.45) is 3.97. The molecule has 0 radical (unpaired) electrons.